The topological polar surface area (TPSA) is 24.1 Å². The molecule has 2 heteroatoms. The summed E-state index contributed by atoms with van der Waals surface area (Å²) >= 11 is 0. The number of hydrogen-bond acceptors (Lipinski definition) is 2. The number of hydrogen-bond donors (Lipinski definition) is 2. The van der Waals surface area contributed by atoms with E-state index in [0.29, 0.717) is 0 Å². The van der Waals surface area contributed by atoms with Gasteiger partial charge in [0.05, 0.1) is 0 Å². The van der Waals surface area contributed by atoms with Crippen molar-refractivity contribution in [1.29, 1.82) is 0 Å². The molecule has 2 nitrogen and oxygen atoms in total. The zero-order valence-electron chi connectivity index (χ0n) is 15.9. The number of allylic oxidation sites excluding steroid dienone is 1. The van der Waals surface area contributed by atoms with E-state index in [-0.39, 0.29) is 0 Å². The van der Waals surface area contributed by atoms with Crippen LogP contribution in [0.2, 0.25) is 0 Å². The summed E-state index contributed by atoms with van der Waals surface area (Å²) in [7, 11) is 0. The van der Waals surface area contributed by atoms with Gasteiger partial charge < -0.3 is 10.6 Å². The molecule has 1 aliphatic heterocycles. The number of anilines is 1. The molecular weight excluding hydrogens is 316 g/mol. The maximum atomic E-state index is 4.20. The average molecular weight is 345 g/mol. The molecule has 1 aliphatic rings. The first kappa shape index (κ1) is 19.4. The molecule has 2 aromatic carbocycles. The molecule has 0 saturated heterocycles. The first-order valence-electron chi connectivity index (χ1n) is 8.99. The van der Waals surface area contributed by atoms with Crippen molar-refractivity contribution >= 4 is 11.4 Å². The number of rotatable bonds is 5. The standard InChI is InChI=1S/C22H26N2.C2H2/c1-5-19-10-11-21(12-15(19)2)17(4)23-14-18-7-9-20-8-6-16(3)24-22(20)13-18;1-2/h7,9-13,23-24H,3-6,8,14H2,1-2H3;1-2H. The molecule has 3 rings (SSSR count). The predicted octanol–water partition coefficient (Wildman–Crippen LogP) is 5.44. The third-order valence-corrected chi connectivity index (χ3v) is 4.76. The van der Waals surface area contributed by atoms with Gasteiger partial charge in [-0.3, -0.25) is 0 Å². The van der Waals surface area contributed by atoms with Crippen LogP contribution < -0.4 is 10.6 Å². The van der Waals surface area contributed by atoms with Crippen molar-refractivity contribution in [2.45, 2.75) is 39.7 Å². The molecule has 134 valence electrons. The summed E-state index contributed by atoms with van der Waals surface area (Å²) in [5, 5.41) is 6.85. The highest BCUT2D eigenvalue weighted by atomic mass is 14.9. The molecule has 0 unspecified atom stereocenters. The normalized spacial score (nSPS) is 12.2. The van der Waals surface area contributed by atoms with Gasteiger partial charge in [-0.15, -0.1) is 12.8 Å². The van der Waals surface area contributed by atoms with Gasteiger partial charge in [-0.1, -0.05) is 44.3 Å². The van der Waals surface area contributed by atoms with Crippen molar-refractivity contribution in [3.05, 3.63) is 83.1 Å². The first-order chi connectivity index (χ1) is 12.6. The van der Waals surface area contributed by atoms with E-state index in [0.717, 1.165) is 42.8 Å². The van der Waals surface area contributed by atoms with Crippen LogP contribution in [0, 0.1) is 19.8 Å². The van der Waals surface area contributed by atoms with E-state index in [1.807, 2.05) is 0 Å². The molecule has 2 aromatic rings. The van der Waals surface area contributed by atoms with E-state index in [2.05, 4.69) is 86.9 Å². The highest BCUT2D eigenvalue weighted by molar-refractivity contribution is 5.63. The largest absolute Gasteiger partial charge is 0.381 e. The van der Waals surface area contributed by atoms with Gasteiger partial charge in [0.15, 0.2) is 0 Å². The van der Waals surface area contributed by atoms with Crippen molar-refractivity contribution in [1.82, 2.24) is 5.32 Å². The molecule has 2 N–H and O–H groups in total. The second-order valence-corrected chi connectivity index (χ2v) is 6.55. The minimum atomic E-state index is 0.773. The number of fused-ring (bicyclic) bond motifs is 1. The summed E-state index contributed by atoms with van der Waals surface area (Å²) < 4.78 is 0. The van der Waals surface area contributed by atoms with Crippen molar-refractivity contribution in [2.24, 2.45) is 0 Å². The molecule has 0 radical (unpaired) electrons. The van der Waals surface area contributed by atoms with E-state index in [9.17, 15) is 0 Å². The second kappa shape index (κ2) is 8.97. The minimum Gasteiger partial charge on any atom is -0.381 e. The van der Waals surface area contributed by atoms with Crippen LogP contribution in [0.4, 0.5) is 5.69 Å². The van der Waals surface area contributed by atoms with Crippen molar-refractivity contribution in [3.8, 4) is 12.8 Å². The molecule has 0 amide bonds. The van der Waals surface area contributed by atoms with Crippen LogP contribution in [-0.4, -0.2) is 0 Å². The Kier molecular flexibility index (Phi) is 6.69. The number of benzene rings is 2. The van der Waals surface area contributed by atoms with E-state index in [1.54, 1.807) is 0 Å². The smallest absolute Gasteiger partial charge is 0.0417 e. The van der Waals surface area contributed by atoms with Gasteiger partial charge in [0, 0.05) is 23.6 Å². The molecule has 26 heavy (non-hydrogen) atoms. The third kappa shape index (κ3) is 4.58. The zero-order valence-corrected chi connectivity index (χ0v) is 15.9. The number of nitrogens with one attached hydrogen (secondary N) is 2. The van der Waals surface area contributed by atoms with Crippen LogP contribution >= 0.6 is 0 Å². The summed E-state index contributed by atoms with van der Waals surface area (Å²) in [5.41, 5.74) is 9.77. The lowest BCUT2D eigenvalue weighted by molar-refractivity contribution is 0.879. The van der Waals surface area contributed by atoms with E-state index in [4.69, 9.17) is 0 Å². The van der Waals surface area contributed by atoms with Crippen LogP contribution in [0.25, 0.3) is 5.70 Å². The average Bonchev–Trinajstić information content (AvgIpc) is 2.67. The SMILES string of the molecule is C#C.C=C1CCc2ccc(CNC(=C)c3ccc(CC)c(C)c3)cc2N1. The molecule has 0 aromatic heterocycles. The van der Waals surface area contributed by atoms with E-state index in [1.165, 1.54) is 27.9 Å². The Morgan fingerprint density at radius 2 is 1.92 bits per heavy atom. The summed E-state index contributed by atoms with van der Waals surface area (Å²) in [6.45, 7) is 13.4. The van der Waals surface area contributed by atoms with E-state index < -0.39 is 0 Å². The molecule has 1 heterocycles. The summed E-state index contributed by atoms with van der Waals surface area (Å²) in [6, 6.07) is 13.2. The van der Waals surface area contributed by atoms with Crippen molar-refractivity contribution in [3.63, 3.8) is 0 Å². The Bertz CT molecular complexity index is 827. The van der Waals surface area contributed by atoms with Crippen LogP contribution in [0.3, 0.4) is 0 Å². The van der Waals surface area contributed by atoms with Gasteiger partial charge >= 0.3 is 0 Å². The Hall–Kier alpha value is -2.92. The first-order valence-corrected chi connectivity index (χ1v) is 8.99. The Balaban J connectivity index is 0.00000117. The Morgan fingerprint density at radius 1 is 1.15 bits per heavy atom. The lowest BCUT2D eigenvalue weighted by Crippen LogP contribution is -2.13. The fraction of sp³-hybridized carbons (Fsp3) is 0.250. The maximum Gasteiger partial charge on any atom is 0.0417 e. The lowest BCUT2D eigenvalue weighted by Gasteiger charge is -2.21. The number of aryl methyl sites for hydroxylation is 3. The van der Waals surface area contributed by atoms with Gasteiger partial charge in [0.2, 0.25) is 0 Å². The Morgan fingerprint density at radius 3 is 2.62 bits per heavy atom. The molecule has 0 saturated carbocycles. The van der Waals surface area contributed by atoms with Gasteiger partial charge in [-0.25, -0.2) is 0 Å². The van der Waals surface area contributed by atoms with Crippen molar-refractivity contribution in [2.75, 3.05) is 5.32 Å². The van der Waals surface area contributed by atoms with Gasteiger partial charge in [-0.05, 0) is 66.1 Å². The fourth-order valence-electron chi connectivity index (χ4n) is 3.20. The molecule has 0 spiro atoms. The molecule has 0 aliphatic carbocycles. The van der Waals surface area contributed by atoms with Gasteiger partial charge in [0.25, 0.3) is 0 Å². The monoisotopic (exact) mass is 344 g/mol. The van der Waals surface area contributed by atoms with E-state index >= 15 is 0 Å². The van der Waals surface area contributed by atoms with Crippen LogP contribution in [0.1, 0.15) is 41.2 Å². The van der Waals surface area contributed by atoms with Crippen LogP contribution in [-0.2, 0) is 19.4 Å². The third-order valence-electron chi connectivity index (χ3n) is 4.76. The second-order valence-electron chi connectivity index (χ2n) is 6.55. The highest BCUT2D eigenvalue weighted by Gasteiger charge is 2.11. The predicted molar refractivity (Wildman–Crippen MR) is 114 cm³/mol. The number of terminal acetylenes is 1. The minimum absolute atomic E-state index is 0.773. The maximum absolute atomic E-state index is 4.20. The van der Waals surface area contributed by atoms with Gasteiger partial charge in [0.1, 0.15) is 0 Å². The molecular formula is C24H28N2. The quantitative estimate of drug-likeness (QED) is 0.706. The Labute approximate surface area is 158 Å². The lowest BCUT2D eigenvalue weighted by atomic mass is 9.99. The summed E-state index contributed by atoms with van der Waals surface area (Å²) in [6.07, 6.45) is 11.2. The van der Waals surface area contributed by atoms with Gasteiger partial charge in [-0.2, -0.15) is 0 Å². The highest BCUT2D eigenvalue weighted by Crippen LogP contribution is 2.27. The fourth-order valence-corrected chi connectivity index (χ4v) is 3.20. The molecule has 0 bridgehead atoms. The van der Waals surface area contributed by atoms with Crippen LogP contribution in [0.15, 0.2) is 55.3 Å². The van der Waals surface area contributed by atoms with Crippen LogP contribution in [0.5, 0.6) is 0 Å². The molecule has 0 atom stereocenters. The summed E-state index contributed by atoms with van der Waals surface area (Å²) in [4.78, 5) is 0. The summed E-state index contributed by atoms with van der Waals surface area (Å²) in [5.74, 6) is 0. The molecule has 0 fully saturated rings. The van der Waals surface area contributed by atoms with Crippen molar-refractivity contribution < 1.29 is 0 Å². The zero-order chi connectivity index (χ0) is 19.1.